The minimum absolute atomic E-state index is 0.153. The molecule has 1 heterocycles. The van der Waals surface area contributed by atoms with E-state index in [0.717, 1.165) is 32.4 Å². The van der Waals surface area contributed by atoms with Crippen molar-refractivity contribution in [3.05, 3.63) is 0 Å². The van der Waals surface area contributed by atoms with Crippen LogP contribution < -0.4 is 10.6 Å². The quantitative estimate of drug-likeness (QED) is 0.542. The first-order chi connectivity index (χ1) is 6.70. The van der Waals surface area contributed by atoms with Gasteiger partial charge in [-0.15, -0.1) is 0 Å². The van der Waals surface area contributed by atoms with E-state index < -0.39 is 0 Å². The monoisotopic (exact) mass is 200 g/mol. The molecule has 1 amide bonds. The van der Waals surface area contributed by atoms with Gasteiger partial charge in [0.25, 0.3) is 0 Å². The van der Waals surface area contributed by atoms with Crippen molar-refractivity contribution < 1.29 is 9.90 Å². The molecule has 2 atom stereocenters. The molecule has 82 valence electrons. The summed E-state index contributed by atoms with van der Waals surface area (Å²) in [6, 6.07) is 0. The Labute approximate surface area is 85.1 Å². The van der Waals surface area contributed by atoms with Crippen molar-refractivity contribution in [2.45, 2.75) is 32.3 Å². The molecule has 0 aromatic carbocycles. The minimum Gasteiger partial charge on any atom is -0.393 e. The molecule has 0 saturated carbocycles. The van der Waals surface area contributed by atoms with Crippen LogP contribution in [-0.2, 0) is 4.79 Å². The second-order valence-corrected chi connectivity index (χ2v) is 3.97. The van der Waals surface area contributed by atoms with Gasteiger partial charge in [0.05, 0.1) is 12.0 Å². The lowest BCUT2D eigenvalue weighted by Gasteiger charge is -2.10. The molecule has 1 aliphatic rings. The van der Waals surface area contributed by atoms with Crippen LogP contribution in [0.1, 0.15) is 26.2 Å². The molecule has 2 unspecified atom stereocenters. The number of hydrogen-bond donors (Lipinski definition) is 3. The van der Waals surface area contributed by atoms with E-state index in [1.54, 1.807) is 6.92 Å². The molecule has 0 bridgehead atoms. The molecular weight excluding hydrogens is 180 g/mol. The fraction of sp³-hybridized carbons (Fsp3) is 0.900. The molecule has 1 aliphatic heterocycles. The van der Waals surface area contributed by atoms with Crippen molar-refractivity contribution in [2.75, 3.05) is 19.6 Å². The van der Waals surface area contributed by atoms with Crippen molar-refractivity contribution in [2.24, 2.45) is 5.92 Å². The van der Waals surface area contributed by atoms with Crippen molar-refractivity contribution in [1.82, 2.24) is 10.6 Å². The highest BCUT2D eigenvalue weighted by Gasteiger charge is 2.21. The largest absolute Gasteiger partial charge is 0.393 e. The van der Waals surface area contributed by atoms with E-state index in [0.29, 0.717) is 6.54 Å². The molecule has 1 rings (SSSR count). The molecule has 4 nitrogen and oxygen atoms in total. The Balaban J connectivity index is 2.03. The highest BCUT2D eigenvalue weighted by molar-refractivity contribution is 5.79. The van der Waals surface area contributed by atoms with Crippen molar-refractivity contribution in [3.63, 3.8) is 0 Å². The number of amides is 1. The number of hydrogen-bond acceptors (Lipinski definition) is 3. The number of nitrogens with one attached hydrogen (secondary N) is 2. The molecule has 3 N–H and O–H groups in total. The first kappa shape index (κ1) is 11.5. The Bertz CT molecular complexity index is 177. The summed E-state index contributed by atoms with van der Waals surface area (Å²) >= 11 is 0. The number of rotatable bonds is 5. The van der Waals surface area contributed by atoms with Crippen LogP contribution >= 0.6 is 0 Å². The summed E-state index contributed by atoms with van der Waals surface area (Å²) in [5.41, 5.74) is 0. The molecule has 4 heteroatoms. The van der Waals surface area contributed by atoms with Gasteiger partial charge in [-0.2, -0.15) is 0 Å². The summed E-state index contributed by atoms with van der Waals surface area (Å²) in [5.74, 6) is 0.308. The van der Waals surface area contributed by atoms with Crippen LogP contribution in [0, 0.1) is 5.92 Å². The number of aliphatic hydroxyl groups is 1. The lowest BCUT2D eigenvalue weighted by Crippen LogP contribution is -2.32. The van der Waals surface area contributed by atoms with Crippen LogP contribution in [0.5, 0.6) is 0 Å². The molecule has 0 aliphatic carbocycles. The average molecular weight is 200 g/mol. The standard InChI is InChI=1S/C10H20N2O2/c1-8(13)3-2-5-12-10(14)9-4-6-11-7-9/h8-9,11,13H,2-7H2,1H3,(H,12,14). The van der Waals surface area contributed by atoms with E-state index in [1.165, 1.54) is 0 Å². The van der Waals surface area contributed by atoms with Gasteiger partial charge in [0.2, 0.25) is 5.91 Å². The predicted octanol–water partition coefficient (Wildman–Crippen LogP) is -0.127. The maximum Gasteiger partial charge on any atom is 0.224 e. The Morgan fingerprint density at radius 3 is 3.07 bits per heavy atom. The van der Waals surface area contributed by atoms with Gasteiger partial charge in [0, 0.05) is 13.1 Å². The van der Waals surface area contributed by atoms with Gasteiger partial charge in [0.1, 0.15) is 0 Å². The summed E-state index contributed by atoms with van der Waals surface area (Å²) in [6.45, 7) is 4.21. The summed E-state index contributed by atoms with van der Waals surface area (Å²) in [5, 5.41) is 15.1. The molecule has 1 fully saturated rings. The molecule has 0 aromatic rings. The van der Waals surface area contributed by atoms with Crippen molar-refractivity contribution in [3.8, 4) is 0 Å². The summed E-state index contributed by atoms with van der Waals surface area (Å²) in [7, 11) is 0. The molecular formula is C10H20N2O2. The number of carbonyl (C=O) groups is 1. The van der Waals surface area contributed by atoms with Gasteiger partial charge in [0.15, 0.2) is 0 Å². The van der Waals surface area contributed by atoms with E-state index in [-0.39, 0.29) is 17.9 Å². The highest BCUT2D eigenvalue weighted by atomic mass is 16.3. The van der Waals surface area contributed by atoms with E-state index in [4.69, 9.17) is 5.11 Å². The van der Waals surface area contributed by atoms with Crippen molar-refractivity contribution in [1.29, 1.82) is 0 Å². The fourth-order valence-electron chi connectivity index (χ4n) is 1.63. The third kappa shape index (κ3) is 4.07. The van der Waals surface area contributed by atoms with Crippen LogP contribution in [0.4, 0.5) is 0 Å². The Kier molecular flexibility index (Phi) is 4.90. The van der Waals surface area contributed by atoms with Crippen LogP contribution in [-0.4, -0.2) is 36.8 Å². The smallest absolute Gasteiger partial charge is 0.224 e. The minimum atomic E-state index is -0.264. The lowest BCUT2D eigenvalue weighted by molar-refractivity contribution is -0.124. The van der Waals surface area contributed by atoms with Crippen LogP contribution in [0.2, 0.25) is 0 Å². The molecule has 0 aromatic heterocycles. The van der Waals surface area contributed by atoms with Crippen LogP contribution in [0.15, 0.2) is 0 Å². The Hall–Kier alpha value is -0.610. The Morgan fingerprint density at radius 1 is 1.71 bits per heavy atom. The maximum atomic E-state index is 11.5. The highest BCUT2D eigenvalue weighted by Crippen LogP contribution is 2.06. The topological polar surface area (TPSA) is 61.4 Å². The van der Waals surface area contributed by atoms with Crippen molar-refractivity contribution >= 4 is 5.91 Å². The van der Waals surface area contributed by atoms with Gasteiger partial charge >= 0.3 is 0 Å². The number of carbonyl (C=O) groups excluding carboxylic acids is 1. The third-order valence-corrected chi connectivity index (χ3v) is 2.53. The van der Waals surface area contributed by atoms with Gasteiger partial charge in [-0.05, 0) is 32.7 Å². The third-order valence-electron chi connectivity index (χ3n) is 2.53. The molecule has 0 radical (unpaired) electrons. The molecule has 14 heavy (non-hydrogen) atoms. The molecule has 0 spiro atoms. The van der Waals surface area contributed by atoms with Gasteiger partial charge < -0.3 is 15.7 Å². The first-order valence-electron chi connectivity index (χ1n) is 5.36. The normalized spacial score (nSPS) is 23.4. The van der Waals surface area contributed by atoms with E-state index in [9.17, 15) is 4.79 Å². The fourth-order valence-corrected chi connectivity index (χ4v) is 1.63. The average Bonchev–Trinajstić information content (AvgIpc) is 2.64. The zero-order valence-corrected chi connectivity index (χ0v) is 8.75. The summed E-state index contributed by atoms with van der Waals surface area (Å²) in [4.78, 5) is 11.5. The van der Waals surface area contributed by atoms with Gasteiger partial charge in [-0.25, -0.2) is 0 Å². The zero-order chi connectivity index (χ0) is 10.4. The van der Waals surface area contributed by atoms with E-state index in [2.05, 4.69) is 10.6 Å². The summed E-state index contributed by atoms with van der Waals surface area (Å²) < 4.78 is 0. The van der Waals surface area contributed by atoms with Crippen LogP contribution in [0.25, 0.3) is 0 Å². The van der Waals surface area contributed by atoms with Crippen LogP contribution in [0.3, 0.4) is 0 Å². The number of aliphatic hydroxyl groups excluding tert-OH is 1. The second-order valence-electron chi connectivity index (χ2n) is 3.97. The summed E-state index contributed by atoms with van der Waals surface area (Å²) in [6.07, 6.45) is 2.29. The lowest BCUT2D eigenvalue weighted by atomic mass is 10.1. The van der Waals surface area contributed by atoms with Gasteiger partial charge in [-0.3, -0.25) is 4.79 Å². The molecule has 1 saturated heterocycles. The van der Waals surface area contributed by atoms with Gasteiger partial charge in [-0.1, -0.05) is 0 Å². The maximum absolute atomic E-state index is 11.5. The Morgan fingerprint density at radius 2 is 2.50 bits per heavy atom. The zero-order valence-electron chi connectivity index (χ0n) is 8.75. The van der Waals surface area contributed by atoms with E-state index >= 15 is 0 Å². The van der Waals surface area contributed by atoms with E-state index in [1.807, 2.05) is 0 Å². The SMILES string of the molecule is CC(O)CCCNC(=O)C1CCNC1. The first-order valence-corrected chi connectivity index (χ1v) is 5.36. The second kappa shape index (κ2) is 5.98. The predicted molar refractivity (Wildman–Crippen MR) is 54.9 cm³/mol.